The zero-order chi connectivity index (χ0) is 13.3. The van der Waals surface area contributed by atoms with E-state index >= 15 is 0 Å². The fourth-order valence-corrected chi connectivity index (χ4v) is 1.92. The molecule has 0 saturated carbocycles. The van der Waals surface area contributed by atoms with E-state index in [1.807, 2.05) is 0 Å². The number of halogens is 2. The molecule has 0 radical (unpaired) electrons. The minimum Gasteiger partial charge on any atom is -0.478 e. The molecular formula is C13H9Cl2NO2. The smallest absolute Gasteiger partial charge is 0.335 e. The van der Waals surface area contributed by atoms with Crippen LogP contribution < -0.4 is 5.73 Å². The van der Waals surface area contributed by atoms with Gasteiger partial charge in [-0.25, -0.2) is 4.79 Å². The maximum Gasteiger partial charge on any atom is 0.335 e. The molecule has 3 nitrogen and oxygen atoms in total. The lowest BCUT2D eigenvalue weighted by atomic mass is 10.0. The number of aromatic carboxylic acids is 1. The van der Waals surface area contributed by atoms with Gasteiger partial charge in [-0.2, -0.15) is 0 Å². The minimum absolute atomic E-state index is 0.135. The summed E-state index contributed by atoms with van der Waals surface area (Å²) in [5, 5.41) is 9.83. The Balaban J connectivity index is 2.56. The molecule has 92 valence electrons. The second-order valence-electron chi connectivity index (χ2n) is 3.78. The first kappa shape index (κ1) is 12.7. The Morgan fingerprint density at radius 2 is 1.72 bits per heavy atom. The summed E-state index contributed by atoms with van der Waals surface area (Å²) in [6.45, 7) is 0. The number of carboxylic acids is 1. The fraction of sp³-hybridized carbons (Fsp3) is 0. The van der Waals surface area contributed by atoms with Gasteiger partial charge in [0.05, 0.1) is 15.6 Å². The van der Waals surface area contributed by atoms with Crippen molar-refractivity contribution in [2.75, 3.05) is 5.73 Å². The first-order chi connectivity index (χ1) is 8.47. The molecule has 0 aromatic heterocycles. The molecule has 0 fully saturated rings. The highest BCUT2D eigenvalue weighted by Crippen LogP contribution is 2.30. The van der Waals surface area contributed by atoms with Crippen molar-refractivity contribution in [2.24, 2.45) is 0 Å². The lowest BCUT2D eigenvalue weighted by Gasteiger charge is -2.06. The van der Waals surface area contributed by atoms with E-state index in [1.54, 1.807) is 24.3 Å². The van der Waals surface area contributed by atoms with Crippen molar-refractivity contribution in [2.45, 2.75) is 0 Å². The number of hydrogen-bond donors (Lipinski definition) is 2. The summed E-state index contributed by atoms with van der Waals surface area (Å²) in [6.07, 6.45) is 0. The predicted molar refractivity (Wildman–Crippen MR) is 73.3 cm³/mol. The van der Waals surface area contributed by atoms with Gasteiger partial charge in [-0.3, -0.25) is 0 Å². The summed E-state index contributed by atoms with van der Waals surface area (Å²) >= 11 is 11.8. The molecule has 0 heterocycles. The van der Waals surface area contributed by atoms with Crippen LogP contribution in [0.15, 0.2) is 36.4 Å². The second kappa shape index (κ2) is 4.88. The van der Waals surface area contributed by atoms with Gasteiger partial charge in [0.15, 0.2) is 0 Å². The first-order valence-electron chi connectivity index (χ1n) is 5.06. The van der Waals surface area contributed by atoms with Crippen molar-refractivity contribution in [3.8, 4) is 11.1 Å². The van der Waals surface area contributed by atoms with Crippen LogP contribution in [-0.4, -0.2) is 11.1 Å². The van der Waals surface area contributed by atoms with Crippen LogP contribution in [0.25, 0.3) is 11.1 Å². The molecule has 0 aliphatic carbocycles. The maximum absolute atomic E-state index is 11.0. The Kier molecular flexibility index (Phi) is 3.45. The maximum atomic E-state index is 11.0. The van der Waals surface area contributed by atoms with Gasteiger partial charge in [-0.1, -0.05) is 29.3 Å². The molecule has 0 spiro atoms. The van der Waals surface area contributed by atoms with Gasteiger partial charge in [-0.05, 0) is 41.5 Å². The Labute approximate surface area is 114 Å². The topological polar surface area (TPSA) is 63.3 Å². The Morgan fingerprint density at radius 3 is 2.33 bits per heavy atom. The number of nitrogens with two attached hydrogens (primary N) is 1. The molecule has 0 aliphatic heterocycles. The predicted octanol–water partition coefficient (Wildman–Crippen LogP) is 3.94. The van der Waals surface area contributed by atoms with Crippen LogP contribution in [0.3, 0.4) is 0 Å². The average Bonchev–Trinajstić information content (AvgIpc) is 2.31. The molecule has 2 aromatic rings. The fourth-order valence-electron chi connectivity index (χ4n) is 1.62. The average molecular weight is 282 g/mol. The summed E-state index contributed by atoms with van der Waals surface area (Å²) in [5.41, 5.74) is 7.65. The molecule has 18 heavy (non-hydrogen) atoms. The molecule has 0 saturated heterocycles. The van der Waals surface area contributed by atoms with Gasteiger partial charge in [0.1, 0.15) is 0 Å². The molecule has 0 aliphatic rings. The van der Waals surface area contributed by atoms with Gasteiger partial charge in [0.25, 0.3) is 0 Å². The Hall–Kier alpha value is -1.71. The number of nitrogen functional groups attached to an aromatic ring is 1. The molecule has 5 heteroatoms. The lowest BCUT2D eigenvalue weighted by molar-refractivity contribution is 0.0697. The zero-order valence-electron chi connectivity index (χ0n) is 9.15. The third kappa shape index (κ3) is 2.58. The summed E-state index contributed by atoms with van der Waals surface area (Å²) in [7, 11) is 0. The largest absolute Gasteiger partial charge is 0.478 e. The highest BCUT2D eigenvalue weighted by molar-refractivity contribution is 6.42. The summed E-state index contributed by atoms with van der Waals surface area (Å²) in [5.74, 6) is -1.02. The van der Waals surface area contributed by atoms with E-state index in [9.17, 15) is 4.79 Å². The molecule has 3 N–H and O–H groups in total. The van der Waals surface area contributed by atoms with Crippen LogP contribution in [0.4, 0.5) is 5.69 Å². The molecule has 0 amide bonds. The molecule has 0 unspecified atom stereocenters. The van der Waals surface area contributed by atoms with Gasteiger partial charge in [0, 0.05) is 5.69 Å². The number of hydrogen-bond acceptors (Lipinski definition) is 2. The zero-order valence-corrected chi connectivity index (χ0v) is 10.7. The standard InChI is InChI=1S/C13H9Cl2NO2/c14-11-2-1-7(6-12(11)15)8-3-9(13(17)18)5-10(16)4-8/h1-6H,16H2,(H,17,18). The van der Waals surface area contributed by atoms with Crippen molar-refractivity contribution in [1.29, 1.82) is 0 Å². The van der Waals surface area contributed by atoms with E-state index in [4.69, 9.17) is 34.0 Å². The molecule has 0 atom stereocenters. The normalized spacial score (nSPS) is 10.3. The third-order valence-corrected chi connectivity index (χ3v) is 3.19. The van der Waals surface area contributed by atoms with Gasteiger partial charge in [0.2, 0.25) is 0 Å². The highest BCUT2D eigenvalue weighted by atomic mass is 35.5. The minimum atomic E-state index is -1.02. The number of carbonyl (C=O) groups is 1. The van der Waals surface area contributed by atoms with Crippen LogP contribution in [-0.2, 0) is 0 Å². The van der Waals surface area contributed by atoms with Crippen molar-refractivity contribution in [1.82, 2.24) is 0 Å². The van der Waals surface area contributed by atoms with Crippen LogP contribution in [0, 0.1) is 0 Å². The van der Waals surface area contributed by atoms with E-state index in [2.05, 4.69) is 0 Å². The van der Waals surface area contributed by atoms with Crippen molar-refractivity contribution in [3.63, 3.8) is 0 Å². The monoisotopic (exact) mass is 281 g/mol. The van der Waals surface area contributed by atoms with Crippen LogP contribution in [0.2, 0.25) is 10.0 Å². The number of rotatable bonds is 2. The Bertz CT molecular complexity index is 626. The van der Waals surface area contributed by atoms with Crippen molar-refractivity contribution < 1.29 is 9.90 Å². The second-order valence-corrected chi connectivity index (χ2v) is 4.59. The number of anilines is 1. The third-order valence-electron chi connectivity index (χ3n) is 2.46. The number of benzene rings is 2. The van der Waals surface area contributed by atoms with E-state index in [1.165, 1.54) is 12.1 Å². The van der Waals surface area contributed by atoms with E-state index in [-0.39, 0.29) is 5.56 Å². The van der Waals surface area contributed by atoms with E-state index in [0.29, 0.717) is 21.3 Å². The van der Waals surface area contributed by atoms with Crippen molar-refractivity contribution >= 4 is 34.9 Å². The highest BCUT2D eigenvalue weighted by Gasteiger charge is 2.08. The van der Waals surface area contributed by atoms with Crippen LogP contribution >= 0.6 is 23.2 Å². The summed E-state index contributed by atoms with van der Waals surface area (Å²) in [4.78, 5) is 11.0. The molecular weight excluding hydrogens is 273 g/mol. The molecule has 2 aromatic carbocycles. The SMILES string of the molecule is Nc1cc(C(=O)O)cc(-c2ccc(Cl)c(Cl)c2)c1. The van der Waals surface area contributed by atoms with E-state index < -0.39 is 5.97 Å². The quantitative estimate of drug-likeness (QED) is 0.820. The van der Waals surface area contributed by atoms with Gasteiger partial charge >= 0.3 is 5.97 Å². The summed E-state index contributed by atoms with van der Waals surface area (Å²) < 4.78 is 0. The molecule has 2 rings (SSSR count). The lowest BCUT2D eigenvalue weighted by Crippen LogP contribution is -1.98. The van der Waals surface area contributed by atoms with Gasteiger partial charge < -0.3 is 10.8 Å². The number of carboxylic acid groups (broad SMARTS) is 1. The Morgan fingerprint density at radius 1 is 1.00 bits per heavy atom. The first-order valence-corrected chi connectivity index (χ1v) is 5.82. The summed E-state index contributed by atoms with van der Waals surface area (Å²) in [6, 6.07) is 9.72. The van der Waals surface area contributed by atoms with Crippen LogP contribution in [0.5, 0.6) is 0 Å². The van der Waals surface area contributed by atoms with Gasteiger partial charge in [-0.15, -0.1) is 0 Å². The van der Waals surface area contributed by atoms with Crippen molar-refractivity contribution in [3.05, 3.63) is 52.0 Å². The molecule has 0 bridgehead atoms. The van der Waals surface area contributed by atoms with E-state index in [0.717, 1.165) is 5.56 Å². The van der Waals surface area contributed by atoms with Crippen LogP contribution in [0.1, 0.15) is 10.4 Å².